The Balaban J connectivity index is 1.19. The first kappa shape index (κ1) is 18.4. The number of rotatable bonds is 6. The SMILES string of the molecule is O=C(NCc1nc2ccccc2s1)c1ccc(COc2ccc3ccccc3c2)o1. The predicted molar refractivity (Wildman–Crippen MR) is 118 cm³/mol. The van der Waals surface area contributed by atoms with Gasteiger partial charge in [-0.3, -0.25) is 4.79 Å². The number of furan rings is 1. The van der Waals surface area contributed by atoms with Crippen LogP contribution in [0, 0.1) is 0 Å². The lowest BCUT2D eigenvalue weighted by atomic mass is 10.1. The zero-order valence-electron chi connectivity index (χ0n) is 16.0. The number of fused-ring (bicyclic) bond motifs is 2. The number of para-hydroxylation sites is 1. The summed E-state index contributed by atoms with van der Waals surface area (Å²) in [5.74, 6) is 1.33. The maximum absolute atomic E-state index is 12.4. The van der Waals surface area contributed by atoms with Crippen molar-refractivity contribution in [2.75, 3.05) is 0 Å². The van der Waals surface area contributed by atoms with Crippen LogP contribution in [0.1, 0.15) is 21.3 Å². The number of thiazole rings is 1. The van der Waals surface area contributed by atoms with Gasteiger partial charge in [0.1, 0.15) is 23.1 Å². The molecule has 0 aliphatic rings. The van der Waals surface area contributed by atoms with E-state index in [9.17, 15) is 4.79 Å². The Bertz CT molecular complexity index is 1310. The highest BCUT2D eigenvalue weighted by molar-refractivity contribution is 7.18. The van der Waals surface area contributed by atoms with Crippen molar-refractivity contribution in [3.8, 4) is 5.75 Å². The van der Waals surface area contributed by atoms with Crippen molar-refractivity contribution in [1.82, 2.24) is 10.3 Å². The summed E-state index contributed by atoms with van der Waals surface area (Å²) in [6.07, 6.45) is 0. The summed E-state index contributed by atoms with van der Waals surface area (Å²) in [6.45, 7) is 0.616. The molecule has 2 heterocycles. The number of hydrogen-bond donors (Lipinski definition) is 1. The maximum Gasteiger partial charge on any atom is 0.287 e. The van der Waals surface area contributed by atoms with Gasteiger partial charge in [-0.2, -0.15) is 0 Å². The van der Waals surface area contributed by atoms with E-state index in [1.807, 2.05) is 60.7 Å². The average molecular weight is 414 g/mol. The fourth-order valence-corrected chi connectivity index (χ4v) is 4.13. The van der Waals surface area contributed by atoms with E-state index < -0.39 is 0 Å². The van der Waals surface area contributed by atoms with Gasteiger partial charge in [0.15, 0.2) is 5.76 Å². The number of carbonyl (C=O) groups is 1. The molecule has 0 aliphatic heterocycles. The van der Waals surface area contributed by atoms with Crippen LogP contribution in [0.25, 0.3) is 21.0 Å². The van der Waals surface area contributed by atoms with E-state index in [4.69, 9.17) is 9.15 Å². The number of amides is 1. The normalized spacial score (nSPS) is 11.1. The Morgan fingerprint density at radius 3 is 2.70 bits per heavy atom. The standard InChI is InChI=1S/C24H18N2O3S/c27-24(25-14-23-26-20-7-3-4-8-22(20)30-23)21-12-11-19(29-21)15-28-18-10-9-16-5-1-2-6-17(16)13-18/h1-13H,14-15H2,(H,25,27). The Morgan fingerprint density at radius 2 is 1.80 bits per heavy atom. The molecule has 0 saturated heterocycles. The summed E-state index contributed by atoms with van der Waals surface area (Å²) < 4.78 is 12.6. The van der Waals surface area contributed by atoms with Gasteiger partial charge in [-0.15, -0.1) is 11.3 Å². The fraction of sp³-hybridized carbons (Fsp3) is 0.0833. The van der Waals surface area contributed by atoms with Gasteiger partial charge in [0, 0.05) is 0 Å². The number of ether oxygens (including phenoxy) is 1. The molecule has 6 heteroatoms. The van der Waals surface area contributed by atoms with E-state index in [-0.39, 0.29) is 18.3 Å². The summed E-state index contributed by atoms with van der Waals surface area (Å²) >= 11 is 1.57. The quantitative estimate of drug-likeness (QED) is 0.396. The second-order valence-corrected chi connectivity index (χ2v) is 7.94. The number of nitrogens with one attached hydrogen (secondary N) is 1. The smallest absolute Gasteiger partial charge is 0.287 e. The van der Waals surface area contributed by atoms with Crippen molar-refractivity contribution in [3.05, 3.63) is 95.4 Å². The highest BCUT2D eigenvalue weighted by Crippen LogP contribution is 2.23. The second kappa shape index (κ2) is 8.00. The monoisotopic (exact) mass is 414 g/mol. The first-order valence-corrected chi connectivity index (χ1v) is 10.4. The van der Waals surface area contributed by atoms with Gasteiger partial charge in [-0.05, 0) is 47.2 Å². The third-order valence-electron chi connectivity index (χ3n) is 4.73. The highest BCUT2D eigenvalue weighted by atomic mass is 32.1. The molecule has 1 N–H and O–H groups in total. The van der Waals surface area contributed by atoms with Crippen molar-refractivity contribution >= 4 is 38.2 Å². The Labute approximate surface area is 176 Å². The van der Waals surface area contributed by atoms with E-state index >= 15 is 0 Å². The van der Waals surface area contributed by atoms with Crippen molar-refractivity contribution in [1.29, 1.82) is 0 Å². The number of benzene rings is 3. The van der Waals surface area contributed by atoms with E-state index in [0.717, 1.165) is 31.7 Å². The van der Waals surface area contributed by atoms with E-state index in [1.165, 1.54) is 0 Å². The van der Waals surface area contributed by atoms with Gasteiger partial charge < -0.3 is 14.5 Å². The van der Waals surface area contributed by atoms with Crippen LogP contribution in [0.5, 0.6) is 5.75 Å². The molecule has 5 rings (SSSR count). The molecule has 148 valence electrons. The second-order valence-electron chi connectivity index (χ2n) is 6.82. The van der Waals surface area contributed by atoms with Crippen LogP contribution in [0.3, 0.4) is 0 Å². The Kier molecular flexibility index (Phi) is 4.91. The molecule has 0 radical (unpaired) electrons. The molecule has 2 aromatic heterocycles. The van der Waals surface area contributed by atoms with Crippen LogP contribution in [0.15, 0.2) is 83.3 Å². The molecule has 1 amide bonds. The van der Waals surface area contributed by atoms with Gasteiger partial charge in [-0.25, -0.2) is 4.98 Å². The molecular weight excluding hydrogens is 396 g/mol. The summed E-state index contributed by atoms with van der Waals surface area (Å²) in [4.78, 5) is 16.9. The number of carbonyl (C=O) groups excluding carboxylic acids is 1. The molecule has 0 spiro atoms. The Morgan fingerprint density at radius 1 is 0.967 bits per heavy atom. The molecule has 30 heavy (non-hydrogen) atoms. The van der Waals surface area contributed by atoms with Crippen LogP contribution >= 0.6 is 11.3 Å². The first-order chi connectivity index (χ1) is 14.7. The summed E-state index contributed by atoms with van der Waals surface area (Å²) in [5.41, 5.74) is 0.942. The zero-order chi connectivity index (χ0) is 20.3. The molecule has 0 saturated carbocycles. The van der Waals surface area contributed by atoms with Crippen LogP contribution < -0.4 is 10.1 Å². The topological polar surface area (TPSA) is 64.4 Å². The van der Waals surface area contributed by atoms with Gasteiger partial charge in [0.2, 0.25) is 0 Å². The van der Waals surface area contributed by atoms with E-state index in [2.05, 4.69) is 16.4 Å². The van der Waals surface area contributed by atoms with Crippen molar-refractivity contribution in [2.45, 2.75) is 13.2 Å². The lowest BCUT2D eigenvalue weighted by Crippen LogP contribution is -2.22. The largest absolute Gasteiger partial charge is 0.486 e. The first-order valence-electron chi connectivity index (χ1n) is 9.57. The molecule has 0 unspecified atom stereocenters. The molecule has 0 atom stereocenters. The average Bonchev–Trinajstić information content (AvgIpc) is 3.42. The minimum Gasteiger partial charge on any atom is -0.486 e. The summed E-state index contributed by atoms with van der Waals surface area (Å²) in [6, 6.07) is 25.4. The molecule has 0 aliphatic carbocycles. The molecular formula is C24H18N2O3S. The molecule has 5 nitrogen and oxygen atoms in total. The van der Waals surface area contributed by atoms with Crippen LogP contribution in [-0.4, -0.2) is 10.9 Å². The number of nitrogens with zero attached hydrogens (tertiary/aromatic N) is 1. The molecule has 5 aromatic rings. The lowest BCUT2D eigenvalue weighted by molar-refractivity contribution is 0.0919. The zero-order valence-corrected chi connectivity index (χ0v) is 16.8. The van der Waals surface area contributed by atoms with Crippen molar-refractivity contribution in [2.24, 2.45) is 0 Å². The highest BCUT2D eigenvalue weighted by Gasteiger charge is 2.13. The van der Waals surface area contributed by atoms with Crippen LogP contribution in [0.2, 0.25) is 0 Å². The third kappa shape index (κ3) is 3.90. The summed E-state index contributed by atoms with van der Waals surface area (Å²) in [7, 11) is 0. The lowest BCUT2D eigenvalue weighted by Gasteiger charge is -2.06. The molecule has 3 aromatic carbocycles. The minimum atomic E-state index is -0.272. The maximum atomic E-state index is 12.4. The minimum absolute atomic E-state index is 0.253. The summed E-state index contributed by atoms with van der Waals surface area (Å²) in [5, 5.41) is 5.99. The van der Waals surface area contributed by atoms with E-state index in [0.29, 0.717) is 12.3 Å². The number of hydrogen-bond acceptors (Lipinski definition) is 5. The third-order valence-corrected chi connectivity index (χ3v) is 5.76. The van der Waals surface area contributed by atoms with Gasteiger partial charge >= 0.3 is 0 Å². The van der Waals surface area contributed by atoms with Crippen molar-refractivity contribution < 1.29 is 13.9 Å². The van der Waals surface area contributed by atoms with Gasteiger partial charge in [-0.1, -0.05) is 42.5 Å². The van der Waals surface area contributed by atoms with Crippen LogP contribution in [-0.2, 0) is 13.2 Å². The van der Waals surface area contributed by atoms with Crippen LogP contribution in [0.4, 0.5) is 0 Å². The van der Waals surface area contributed by atoms with Gasteiger partial charge in [0.05, 0.1) is 16.8 Å². The van der Waals surface area contributed by atoms with E-state index in [1.54, 1.807) is 23.5 Å². The molecule has 0 bridgehead atoms. The molecule has 0 fully saturated rings. The van der Waals surface area contributed by atoms with Gasteiger partial charge in [0.25, 0.3) is 5.91 Å². The fourth-order valence-electron chi connectivity index (χ4n) is 3.23. The predicted octanol–water partition coefficient (Wildman–Crippen LogP) is 5.55. The Hall–Kier alpha value is -3.64. The van der Waals surface area contributed by atoms with Crippen molar-refractivity contribution in [3.63, 3.8) is 0 Å². The number of aromatic nitrogens is 1.